The van der Waals surface area contributed by atoms with Gasteiger partial charge in [0.25, 0.3) is 0 Å². The van der Waals surface area contributed by atoms with Crippen LogP contribution in [0.25, 0.3) is 10.9 Å². The van der Waals surface area contributed by atoms with Gasteiger partial charge in [-0.15, -0.1) is 0 Å². The number of anilines is 1. The highest BCUT2D eigenvalue weighted by Crippen LogP contribution is 2.26. The summed E-state index contributed by atoms with van der Waals surface area (Å²) < 4.78 is 0. The Balaban J connectivity index is 1.86. The molecule has 0 spiro atoms. The molecule has 0 bridgehead atoms. The van der Waals surface area contributed by atoms with Crippen molar-refractivity contribution in [2.75, 3.05) is 32.9 Å². The quantitative estimate of drug-likeness (QED) is 0.875. The van der Waals surface area contributed by atoms with E-state index in [0.29, 0.717) is 6.04 Å². The van der Waals surface area contributed by atoms with Crippen LogP contribution in [-0.2, 0) is 6.54 Å². The molecule has 21 heavy (non-hydrogen) atoms. The molecule has 1 aromatic heterocycles. The number of pyridine rings is 1. The zero-order valence-corrected chi connectivity index (χ0v) is 12.9. The van der Waals surface area contributed by atoms with Crippen LogP contribution in [0.5, 0.6) is 0 Å². The third kappa shape index (κ3) is 3.01. The third-order valence-corrected chi connectivity index (χ3v) is 4.34. The lowest BCUT2D eigenvalue weighted by Crippen LogP contribution is -2.37. The van der Waals surface area contributed by atoms with Crippen molar-refractivity contribution in [2.24, 2.45) is 0 Å². The molecule has 0 saturated carbocycles. The Kier molecular flexibility index (Phi) is 4.08. The minimum absolute atomic E-state index is 0.649. The van der Waals surface area contributed by atoms with E-state index in [1.165, 1.54) is 24.9 Å². The average Bonchev–Trinajstić information content (AvgIpc) is 2.89. The van der Waals surface area contributed by atoms with Gasteiger partial charge in [0.05, 0.1) is 5.52 Å². The summed E-state index contributed by atoms with van der Waals surface area (Å²) in [5, 5.41) is 1.07. The van der Waals surface area contributed by atoms with Crippen molar-refractivity contribution in [1.29, 1.82) is 0 Å². The highest BCUT2D eigenvalue weighted by Gasteiger charge is 2.25. The van der Waals surface area contributed by atoms with Crippen molar-refractivity contribution in [1.82, 2.24) is 14.8 Å². The molecular weight excluding hydrogens is 260 g/mol. The van der Waals surface area contributed by atoms with Crippen LogP contribution in [0.4, 0.5) is 5.69 Å². The van der Waals surface area contributed by atoms with Gasteiger partial charge < -0.3 is 10.6 Å². The summed E-state index contributed by atoms with van der Waals surface area (Å²) in [5.41, 5.74) is 9.21. The van der Waals surface area contributed by atoms with Crippen molar-refractivity contribution in [2.45, 2.75) is 25.4 Å². The number of hydrogen-bond donors (Lipinski definition) is 1. The molecule has 1 unspecified atom stereocenters. The van der Waals surface area contributed by atoms with Crippen LogP contribution in [0.15, 0.2) is 30.5 Å². The lowest BCUT2D eigenvalue weighted by Gasteiger charge is -2.27. The Labute approximate surface area is 126 Å². The molecule has 1 aliphatic heterocycles. The van der Waals surface area contributed by atoms with E-state index in [0.717, 1.165) is 29.7 Å². The Morgan fingerprint density at radius 3 is 3.00 bits per heavy atom. The number of benzene rings is 1. The maximum atomic E-state index is 6.07. The molecule has 1 saturated heterocycles. The fourth-order valence-electron chi connectivity index (χ4n) is 3.33. The molecule has 0 aliphatic carbocycles. The highest BCUT2D eigenvalue weighted by atomic mass is 15.2. The summed E-state index contributed by atoms with van der Waals surface area (Å²) in [6.07, 6.45) is 4.43. The van der Waals surface area contributed by atoms with Crippen LogP contribution >= 0.6 is 0 Å². The molecule has 2 N–H and O–H groups in total. The first-order valence-electron chi connectivity index (χ1n) is 7.66. The number of nitrogens with two attached hydrogens (primary N) is 1. The number of rotatable bonds is 4. The molecule has 1 atom stereocenters. The number of nitrogen functional groups attached to an aromatic ring is 1. The number of aromatic nitrogens is 1. The molecular formula is C17H24N4. The minimum Gasteiger partial charge on any atom is -0.398 e. The molecule has 1 aliphatic rings. The van der Waals surface area contributed by atoms with E-state index in [1.54, 1.807) is 0 Å². The zero-order valence-electron chi connectivity index (χ0n) is 12.9. The summed E-state index contributed by atoms with van der Waals surface area (Å²) in [6.45, 7) is 3.27. The maximum Gasteiger partial charge on any atom is 0.0767 e. The van der Waals surface area contributed by atoms with E-state index in [-0.39, 0.29) is 0 Å². The minimum atomic E-state index is 0.649. The molecule has 4 heteroatoms. The molecule has 0 radical (unpaired) electrons. The molecule has 4 nitrogen and oxygen atoms in total. The summed E-state index contributed by atoms with van der Waals surface area (Å²) in [6, 6.07) is 8.80. The van der Waals surface area contributed by atoms with Gasteiger partial charge in [0.2, 0.25) is 0 Å². The molecule has 112 valence electrons. The van der Waals surface area contributed by atoms with E-state index in [4.69, 9.17) is 5.73 Å². The van der Waals surface area contributed by atoms with Crippen LogP contribution in [0.2, 0.25) is 0 Å². The monoisotopic (exact) mass is 284 g/mol. The SMILES string of the molecule is CN(C)CC1CCCN1Cc1ccc(N)c2cccnc12. The van der Waals surface area contributed by atoms with Crippen molar-refractivity contribution in [3.63, 3.8) is 0 Å². The number of hydrogen-bond acceptors (Lipinski definition) is 4. The second-order valence-corrected chi connectivity index (χ2v) is 6.24. The Morgan fingerprint density at radius 2 is 2.19 bits per heavy atom. The summed E-state index contributed by atoms with van der Waals surface area (Å²) in [5.74, 6) is 0. The highest BCUT2D eigenvalue weighted by molar-refractivity contribution is 5.92. The van der Waals surface area contributed by atoms with Gasteiger partial charge in [-0.2, -0.15) is 0 Å². The van der Waals surface area contributed by atoms with Gasteiger partial charge in [-0.25, -0.2) is 0 Å². The van der Waals surface area contributed by atoms with Crippen molar-refractivity contribution < 1.29 is 0 Å². The molecule has 0 amide bonds. The number of fused-ring (bicyclic) bond motifs is 1. The van der Waals surface area contributed by atoms with E-state index in [2.05, 4.69) is 41.0 Å². The van der Waals surface area contributed by atoms with Crippen LogP contribution in [0, 0.1) is 0 Å². The van der Waals surface area contributed by atoms with Gasteiger partial charge in [0.1, 0.15) is 0 Å². The lowest BCUT2D eigenvalue weighted by atomic mass is 10.1. The van der Waals surface area contributed by atoms with Crippen LogP contribution < -0.4 is 5.73 Å². The van der Waals surface area contributed by atoms with Crippen molar-refractivity contribution in [3.8, 4) is 0 Å². The van der Waals surface area contributed by atoms with Crippen LogP contribution in [0.3, 0.4) is 0 Å². The topological polar surface area (TPSA) is 45.4 Å². The second kappa shape index (κ2) is 6.00. The van der Waals surface area contributed by atoms with Gasteiger partial charge in [0.15, 0.2) is 0 Å². The van der Waals surface area contributed by atoms with Gasteiger partial charge in [-0.1, -0.05) is 6.07 Å². The van der Waals surface area contributed by atoms with E-state index < -0.39 is 0 Å². The summed E-state index contributed by atoms with van der Waals surface area (Å²) in [4.78, 5) is 9.42. The first-order chi connectivity index (χ1) is 10.1. The molecule has 3 rings (SSSR count). The summed E-state index contributed by atoms with van der Waals surface area (Å²) in [7, 11) is 4.30. The standard InChI is InChI=1S/C17H24N4/c1-20(2)12-14-5-4-10-21(14)11-13-7-8-16(18)15-6-3-9-19-17(13)15/h3,6-9,14H,4-5,10-12,18H2,1-2H3. The van der Waals surface area contributed by atoms with Gasteiger partial charge >= 0.3 is 0 Å². The molecule has 1 aromatic carbocycles. The second-order valence-electron chi connectivity index (χ2n) is 6.24. The largest absolute Gasteiger partial charge is 0.398 e. The normalized spacial score (nSPS) is 19.7. The molecule has 1 fully saturated rings. The van der Waals surface area contributed by atoms with Gasteiger partial charge in [0, 0.05) is 36.4 Å². The fraction of sp³-hybridized carbons (Fsp3) is 0.471. The number of nitrogens with zero attached hydrogens (tertiary/aromatic N) is 3. The fourth-order valence-corrected chi connectivity index (χ4v) is 3.33. The predicted octanol–water partition coefficient (Wildman–Crippen LogP) is 2.34. The lowest BCUT2D eigenvalue weighted by molar-refractivity contribution is 0.201. The average molecular weight is 284 g/mol. The van der Waals surface area contributed by atoms with Crippen molar-refractivity contribution >= 4 is 16.6 Å². The maximum absolute atomic E-state index is 6.07. The van der Waals surface area contributed by atoms with E-state index >= 15 is 0 Å². The first-order valence-corrected chi connectivity index (χ1v) is 7.66. The van der Waals surface area contributed by atoms with E-state index in [1.807, 2.05) is 18.3 Å². The Hall–Kier alpha value is -1.65. The van der Waals surface area contributed by atoms with Gasteiger partial charge in [-0.3, -0.25) is 9.88 Å². The number of likely N-dealkylation sites (N-methyl/N-ethyl adjacent to an activating group) is 1. The summed E-state index contributed by atoms with van der Waals surface area (Å²) >= 11 is 0. The Morgan fingerprint density at radius 1 is 1.33 bits per heavy atom. The molecule has 2 heterocycles. The molecule has 2 aromatic rings. The van der Waals surface area contributed by atoms with Gasteiger partial charge in [-0.05, 0) is 57.2 Å². The first kappa shape index (κ1) is 14.3. The number of likely N-dealkylation sites (tertiary alicyclic amines) is 1. The zero-order chi connectivity index (χ0) is 14.8. The van der Waals surface area contributed by atoms with Crippen molar-refractivity contribution in [3.05, 3.63) is 36.0 Å². The third-order valence-electron chi connectivity index (χ3n) is 4.34. The predicted molar refractivity (Wildman–Crippen MR) is 88.1 cm³/mol. The Bertz CT molecular complexity index is 623. The van der Waals surface area contributed by atoms with E-state index in [9.17, 15) is 0 Å². The van der Waals surface area contributed by atoms with Crippen LogP contribution in [-0.4, -0.2) is 48.0 Å². The van der Waals surface area contributed by atoms with Crippen LogP contribution in [0.1, 0.15) is 18.4 Å². The smallest absolute Gasteiger partial charge is 0.0767 e.